The molecule has 3 rings (SSSR count). The highest BCUT2D eigenvalue weighted by molar-refractivity contribution is 5.85. The summed E-state index contributed by atoms with van der Waals surface area (Å²) in [7, 11) is 3.18. The number of ether oxygens (including phenoxy) is 2. The normalized spacial score (nSPS) is 10.5. The van der Waals surface area contributed by atoms with Gasteiger partial charge in [0.05, 0.1) is 24.7 Å². The van der Waals surface area contributed by atoms with Crippen molar-refractivity contribution in [2.24, 2.45) is 0 Å². The molecule has 0 aliphatic heterocycles. The summed E-state index contributed by atoms with van der Waals surface area (Å²) in [6.45, 7) is 0.548. The summed E-state index contributed by atoms with van der Waals surface area (Å²) in [5, 5.41) is 14.9. The molecule has 0 saturated heterocycles. The van der Waals surface area contributed by atoms with Crippen LogP contribution in [0.4, 0.5) is 11.4 Å². The number of nitrogens with zero attached hydrogens (tertiary/aromatic N) is 2. The molecular weight excluding hydrogens is 322 g/mol. The van der Waals surface area contributed by atoms with E-state index in [4.69, 9.17) is 9.47 Å². The molecule has 1 heterocycles. The van der Waals surface area contributed by atoms with Crippen LogP contribution >= 0.6 is 0 Å². The van der Waals surface area contributed by atoms with Crippen molar-refractivity contribution in [3.8, 4) is 11.5 Å². The fourth-order valence-electron chi connectivity index (χ4n) is 2.58. The topological polar surface area (TPSA) is 86.5 Å². The van der Waals surface area contributed by atoms with E-state index in [1.54, 1.807) is 32.5 Å². The molecule has 7 nitrogen and oxygen atoms in total. The van der Waals surface area contributed by atoms with E-state index in [2.05, 4.69) is 10.3 Å². The second kappa shape index (κ2) is 7.04. The molecule has 0 amide bonds. The molecule has 0 atom stereocenters. The molecule has 0 aliphatic rings. The molecule has 0 unspecified atom stereocenters. The van der Waals surface area contributed by atoms with Crippen molar-refractivity contribution in [1.82, 2.24) is 4.98 Å². The number of rotatable bonds is 6. The zero-order valence-electron chi connectivity index (χ0n) is 13.9. The Hall–Kier alpha value is -3.35. The Morgan fingerprint density at radius 3 is 2.40 bits per heavy atom. The van der Waals surface area contributed by atoms with Crippen molar-refractivity contribution >= 4 is 22.3 Å². The number of hydrogen-bond acceptors (Lipinski definition) is 6. The van der Waals surface area contributed by atoms with Crippen LogP contribution in [-0.2, 0) is 6.54 Å². The molecule has 25 heavy (non-hydrogen) atoms. The van der Waals surface area contributed by atoms with Crippen LogP contribution in [0.5, 0.6) is 11.5 Å². The number of methoxy groups -OCH3 is 2. The third-order valence-corrected chi connectivity index (χ3v) is 3.90. The quantitative estimate of drug-likeness (QED) is 0.543. The van der Waals surface area contributed by atoms with Gasteiger partial charge in [0.2, 0.25) is 0 Å². The SMILES string of the molecule is COc1cc2nccc(CNc3ccc([N+](=O)[O-])cc3)c2cc1OC. The molecule has 1 aromatic heterocycles. The first-order valence-electron chi connectivity index (χ1n) is 7.60. The monoisotopic (exact) mass is 339 g/mol. The molecule has 0 saturated carbocycles. The highest BCUT2D eigenvalue weighted by Crippen LogP contribution is 2.32. The van der Waals surface area contributed by atoms with Gasteiger partial charge in [-0.2, -0.15) is 0 Å². The highest BCUT2D eigenvalue weighted by atomic mass is 16.6. The van der Waals surface area contributed by atoms with Gasteiger partial charge < -0.3 is 14.8 Å². The average Bonchev–Trinajstić information content (AvgIpc) is 2.65. The predicted molar refractivity (Wildman–Crippen MR) is 95.3 cm³/mol. The highest BCUT2D eigenvalue weighted by Gasteiger charge is 2.10. The number of non-ortho nitro benzene ring substituents is 1. The molecule has 128 valence electrons. The van der Waals surface area contributed by atoms with Crippen LogP contribution in [0.2, 0.25) is 0 Å². The molecule has 7 heteroatoms. The van der Waals surface area contributed by atoms with Gasteiger partial charge in [-0.3, -0.25) is 15.1 Å². The maximum absolute atomic E-state index is 10.7. The number of nitrogens with one attached hydrogen (secondary N) is 1. The zero-order valence-corrected chi connectivity index (χ0v) is 13.9. The Morgan fingerprint density at radius 1 is 1.08 bits per heavy atom. The summed E-state index contributed by atoms with van der Waals surface area (Å²) < 4.78 is 10.7. The van der Waals surface area contributed by atoms with E-state index in [1.807, 2.05) is 18.2 Å². The number of nitro benzene ring substituents is 1. The summed E-state index contributed by atoms with van der Waals surface area (Å²) in [5.41, 5.74) is 2.71. The lowest BCUT2D eigenvalue weighted by Crippen LogP contribution is -2.01. The Balaban J connectivity index is 1.87. The van der Waals surface area contributed by atoms with Crippen molar-refractivity contribution in [1.29, 1.82) is 0 Å². The van der Waals surface area contributed by atoms with E-state index in [-0.39, 0.29) is 5.69 Å². The lowest BCUT2D eigenvalue weighted by Gasteiger charge is -2.12. The maximum Gasteiger partial charge on any atom is 0.269 e. The van der Waals surface area contributed by atoms with Crippen LogP contribution in [-0.4, -0.2) is 24.1 Å². The average molecular weight is 339 g/mol. The number of aromatic nitrogens is 1. The number of hydrogen-bond donors (Lipinski definition) is 1. The lowest BCUT2D eigenvalue weighted by molar-refractivity contribution is -0.384. The van der Waals surface area contributed by atoms with E-state index in [0.717, 1.165) is 22.2 Å². The van der Waals surface area contributed by atoms with Gasteiger partial charge in [0.1, 0.15) is 0 Å². The first kappa shape index (κ1) is 16.5. The van der Waals surface area contributed by atoms with Crippen molar-refractivity contribution in [2.45, 2.75) is 6.54 Å². The van der Waals surface area contributed by atoms with Gasteiger partial charge in [0.25, 0.3) is 5.69 Å². The second-order valence-electron chi connectivity index (χ2n) is 5.35. The van der Waals surface area contributed by atoms with Crippen molar-refractivity contribution in [3.05, 3.63) is 64.3 Å². The van der Waals surface area contributed by atoms with Gasteiger partial charge in [-0.15, -0.1) is 0 Å². The molecule has 2 aromatic carbocycles. The second-order valence-corrected chi connectivity index (χ2v) is 5.35. The molecule has 1 N–H and O–H groups in total. The van der Waals surface area contributed by atoms with Crippen molar-refractivity contribution in [2.75, 3.05) is 19.5 Å². The summed E-state index contributed by atoms with van der Waals surface area (Å²) in [4.78, 5) is 14.7. The van der Waals surface area contributed by atoms with Crippen molar-refractivity contribution < 1.29 is 14.4 Å². The van der Waals surface area contributed by atoms with Gasteiger partial charge in [-0.05, 0) is 29.8 Å². The summed E-state index contributed by atoms with van der Waals surface area (Å²) in [5.74, 6) is 1.27. The standard InChI is InChI=1S/C18H17N3O4/c1-24-17-9-15-12(7-8-19-16(15)10-18(17)25-2)11-20-13-3-5-14(6-4-13)21(22)23/h3-10,20H,11H2,1-2H3. The first-order valence-corrected chi connectivity index (χ1v) is 7.60. The van der Waals surface area contributed by atoms with Crippen LogP contribution in [0.25, 0.3) is 10.9 Å². The zero-order chi connectivity index (χ0) is 17.8. The van der Waals surface area contributed by atoms with Gasteiger partial charge in [0.15, 0.2) is 11.5 Å². The van der Waals surface area contributed by atoms with Crippen LogP contribution in [0, 0.1) is 10.1 Å². The Morgan fingerprint density at radius 2 is 1.76 bits per heavy atom. The fourth-order valence-corrected chi connectivity index (χ4v) is 2.58. The van der Waals surface area contributed by atoms with Crippen LogP contribution in [0.15, 0.2) is 48.7 Å². The molecule has 0 spiro atoms. The van der Waals surface area contributed by atoms with Crippen LogP contribution in [0.3, 0.4) is 0 Å². The minimum atomic E-state index is -0.417. The molecule has 0 fully saturated rings. The smallest absolute Gasteiger partial charge is 0.269 e. The van der Waals surface area contributed by atoms with E-state index < -0.39 is 4.92 Å². The summed E-state index contributed by atoms with van der Waals surface area (Å²) >= 11 is 0. The number of fused-ring (bicyclic) bond motifs is 1. The maximum atomic E-state index is 10.7. The van der Waals surface area contributed by atoms with Gasteiger partial charge in [0, 0.05) is 42.0 Å². The Labute approximate surface area is 144 Å². The summed E-state index contributed by atoms with van der Waals surface area (Å²) in [6, 6.07) is 12.0. The largest absolute Gasteiger partial charge is 0.493 e. The van der Waals surface area contributed by atoms with E-state index in [0.29, 0.717) is 18.0 Å². The minimum absolute atomic E-state index is 0.0664. The summed E-state index contributed by atoms with van der Waals surface area (Å²) in [6.07, 6.45) is 1.74. The van der Waals surface area contributed by atoms with Crippen molar-refractivity contribution in [3.63, 3.8) is 0 Å². The lowest BCUT2D eigenvalue weighted by atomic mass is 10.1. The number of nitro groups is 1. The number of benzene rings is 2. The van der Waals surface area contributed by atoms with Gasteiger partial charge >= 0.3 is 0 Å². The Kier molecular flexibility index (Phi) is 4.65. The molecule has 0 radical (unpaired) electrons. The van der Waals surface area contributed by atoms with Crippen LogP contribution < -0.4 is 14.8 Å². The molecule has 0 aliphatic carbocycles. The van der Waals surface area contributed by atoms with Gasteiger partial charge in [-0.1, -0.05) is 0 Å². The number of pyridine rings is 1. The van der Waals surface area contributed by atoms with Crippen LogP contribution in [0.1, 0.15) is 5.56 Å². The molecular formula is C18H17N3O4. The van der Waals surface area contributed by atoms with E-state index in [1.165, 1.54) is 12.1 Å². The third kappa shape index (κ3) is 3.45. The molecule has 3 aromatic rings. The fraction of sp³-hybridized carbons (Fsp3) is 0.167. The third-order valence-electron chi connectivity index (χ3n) is 3.90. The first-order chi connectivity index (χ1) is 12.1. The molecule has 0 bridgehead atoms. The van der Waals surface area contributed by atoms with E-state index >= 15 is 0 Å². The van der Waals surface area contributed by atoms with Gasteiger partial charge in [-0.25, -0.2) is 0 Å². The number of anilines is 1. The minimum Gasteiger partial charge on any atom is -0.493 e. The Bertz CT molecular complexity index is 910. The predicted octanol–water partition coefficient (Wildman–Crippen LogP) is 3.77. The van der Waals surface area contributed by atoms with E-state index in [9.17, 15) is 10.1 Å².